The molecule has 0 saturated carbocycles. The van der Waals surface area contributed by atoms with Crippen LogP contribution in [-0.2, 0) is 19.3 Å². The highest BCUT2D eigenvalue weighted by molar-refractivity contribution is 7.11. The normalized spacial score (nSPS) is 19.3. The van der Waals surface area contributed by atoms with E-state index in [4.69, 9.17) is 5.84 Å². The van der Waals surface area contributed by atoms with Gasteiger partial charge in [-0.3, -0.25) is 11.3 Å². The fraction of sp³-hybridized carbons (Fsp3) is 0.471. The summed E-state index contributed by atoms with van der Waals surface area (Å²) in [6, 6.07) is 9.10. The van der Waals surface area contributed by atoms with Crippen LogP contribution in [0.2, 0.25) is 0 Å². The van der Waals surface area contributed by atoms with E-state index in [0.717, 1.165) is 25.0 Å². The minimum atomic E-state index is 0.309. The van der Waals surface area contributed by atoms with Crippen molar-refractivity contribution in [2.45, 2.75) is 45.6 Å². The van der Waals surface area contributed by atoms with Gasteiger partial charge in [0.15, 0.2) is 0 Å². The van der Waals surface area contributed by atoms with Crippen LogP contribution in [0.25, 0.3) is 0 Å². The molecule has 3 rings (SSSR count). The van der Waals surface area contributed by atoms with Crippen molar-refractivity contribution in [2.75, 3.05) is 0 Å². The van der Waals surface area contributed by atoms with E-state index in [2.05, 4.69) is 48.5 Å². The predicted octanol–water partition coefficient (Wildman–Crippen LogP) is 2.94. The first-order valence-electron chi connectivity index (χ1n) is 7.63. The largest absolute Gasteiger partial charge is 0.271 e. The SMILES string of the molecule is Cc1nc(CC(NN)C2CCc3ccccc3C2)sc1C. The molecule has 2 aromatic rings. The number of nitrogens with zero attached hydrogens (tertiary/aromatic N) is 1. The summed E-state index contributed by atoms with van der Waals surface area (Å²) in [6.45, 7) is 4.22. The summed E-state index contributed by atoms with van der Waals surface area (Å²) in [4.78, 5) is 5.97. The van der Waals surface area contributed by atoms with E-state index in [1.54, 1.807) is 11.3 Å². The van der Waals surface area contributed by atoms with Gasteiger partial charge in [0.05, 0.1) is 10.7 Å². The van der Waals surface area contributed by atoms with Gasteiger partial charge in [0, 0.05) is 17.3 Å². The molecule has 1 aliphatic rings. The maximum atomic E-state index is 5.84. The Kier molecular flexibility index (Phi) is 4.38. The Hall–Kier alpha value is -1.23. The fourth-order valence-electron chi connectivity index (χ4n) is 3.25. The maximum absolute atomic E-state index is 5.84. The lowest BCUT2D eigenvalue weighted by molar-refractivity contribution is 0.320. The lowest BCUT2D eigenvalue weighted by Crippen LogP contribution is -2.44. The number of benzene rings is 1. The van der Waals surface area contributed by atoms with Crippen LogP contribution < -0.4 is 11.3 Å². The molecular weight excluding hydrogens is 278 g/mol. The van der Waals surface area contributed by atoms with Crippen LogP contribution in [0.5, 0.6) is 0 Å². The predicted molar refractivity (Wildman–Crippen MR) is 88.4 cm³/mol. The molecule has 0 saturated heterocycles. The third kappa shape index (κ3) is 3.18. The maximum Gasteiger partial charge on any atom is 0.0947 e. The lowest BCUT2D eigenvalue weighted by atomic mass is 9.79. The summed E-state index contributed by atoms with van der Waals surface area (Å²) < 4.78 is 0. The third-order valence-corrected chi connectivity index (χ3v) is 5.73. The number of rotatable bonds is 4. The van der Waals surface area contributed by atoms with Crippen molar-refractivity contribution in [2.24, 2.45) is 11.8 Å². The van der Waals surface area contributed by atoms with Crippen LogP contribution in [0.4, 0.5) is 0 Å². The van der Waals surface area contributed by atoms with Crippen LogP contribution in [0.3, 0.4) is 0 Å². The molecule has 0 amide bonds. The zero-order valence-electron chi connectivity index (χ0n) is 12.7. The number of hydrogen-bond donors (Lipinski definition) is 2. The molecule has 0 fully saturated rings. The van der Waals surface area contributed by atoms with Gasteiger partial charge in [-0.15, -0.1) is 11.3 Å². The number of hydrazine groups is 1. The number of thiazole rings is 1. The van der Waals surface area contributed by atoms with Gasteiger partial charge < -0.3 is 0 Å². The molecule has 1 aliphatic carbocycles. The minimum absolute atomic E-state index is 0.309. The Morgan fingerprint density at radius 1 is 1.33 bits per heavy atom. The van der Waals surface area contributed by atoms with Gasteiger partial charge in [-0.25, -0.2) is 4.98 Å². The molecule has 2 unspecified atom stereocenters. The van der Waals surface area contributed by atoms with Gasteiger partial charge >= 0.3 is 0 Å². The summed E-state index contributed by atoms with van der Waals surface area (Å²) in [5.74, 6) is 6.44. The minimum Gasteiger partial charge on any atom is -0.271 e. The standard InChI is InChI=1S/C17H23N3S/c1-11-12(2)21-17(19-11)10-16(20-18)15-8-7-13-5-3-4-6-14(13)9-15/h3-6,15-16,20H,7-10,18H2,1-2H3. The monoisotopic (exact) mass is 301 g/mol. The quantitative estimate of drug-likeness (QED) is 0.674. The summed E-state index contributed by atoms with van der Waals surface area (Å²) >= 11 is 1.80. The number of nitrogens with one attached hydrogen (secondary N) is 1. The summed E-state index contributed by atoms with van der Waals surface area (Å²) in [5, 5.41) is 1.20. The van der Waals surface area contributed by atoms with Crippen LogP contribution in [-0.4, -0.2) is 11.0 Å². The first-order chi connectivity index (χ1) is 10.2. The molecule has 3 N–H and O–H groups in total. The Morgan fingerprint density at radius 3 is 2.76 bits per heavy atom. The number of aryl methyl sites for hydroxylation is 3. The molecule has 0 bridgehead atoms. The van der Waals surface area contributed by atoms with Crippen molar-refractivity contribution < 1.29 is 0 Å². The molecule has 21 heavy (non-hydrogen) atoms. The van der Waals surface area contributed by atoms with E-state index < -0.39 is 0 Å². The number of aromatic nitrogens is 1. The third-order valence-electron chi connectivity index (χ3n) is 4.64. The Balaban J connectivity index is 1.72. The molecule has 1 aromatic heterocycles. The molecule has 1 aromatic carbocycles. The van der Waals surface area contributed by atoms with Gasteiger partial charge in [0.1, 0.15) is 0 Å². The molecule has 1 heterocycles. The zero-order chi connectivity index (χ0) is 14.8. The Morgan fingerprint density at radius 2 is 2.10 bits per heavy atom. The van der Waals surface area contributed by atoms with Gasteiger partial charge in [-0.2, -0.15) is 0 Å². The van der Waals surface area contributed by atoms with Crippen LogP contribution >= 0.6 is 11.3 Å². The Bertz CT molecular complexity index is 601. The first-order valence-corrected chi connectivity index (χ1v) is 8.45. The van der Waals surface area contributed by atoms with Gasteiger partial charge in [-0.1, -0.05) is 24.3 Å². The molecular formula is C17H23N3S. The zero-order valence-corrected chi connectivity index (χ0v) is 13.5. The summed E-state index contributed by atoms with van der Waals surface area (Å²) in [5.41, 5.74) is 7.19. The van der Waals surface area contributed by atoms with E-state index in [-0.39, 0.29) is 0 Å². The Labute approximate surface area is 130 Å². The van der Waals surface area contributed by atoms with E-state index in [1.807, 2.05) is 0 Å². The first kappa shape index (κ1) is 14.7. The van der Waals surface area contributed by atoms with Crippen molar-refractivity contribution in [1.82, 2.24) is 10.4 Å². The topological polar surface area (TPSA) is 50.9 Å². The smallest absolute Gasteiger partial charge is 0.0947 e. The molecule has 2 atom stereocenters. The number of fused-ring (bicyclic) bond motifs is 1. The second-order valence-electron chi connectivity index (χ2n) is 6.00. The fourth-order valence-corrected chi connectivity index (χ4v) is 4.24. The molecule has 4 heteroatoms. The average Bonchev–Trinajstić information content (AvgIpc) is 2.82. The molecule has 0 spiro atoms. The highest BCUT2D eigenvalue weighted by atomic mass is 32.1. The highest BCUT2D eigenvalue weighted by Gasteiger charge is 2.26. The van der Waals surface area contributed by atoms with Gasteiger partial charge in [0.2, 0.25) is 0 Å². The summed E-state index contributed by atoms with van der Waals surface area (Å²) in [6.07, 6.45) is 4.42. The van der Waals surface area contributed by atoms with E-state index >= 15 is 0 Å². The molecule has 3 nitrogen and oxygen atoms in total. The number of hydrogen-bond acceptors (Lipinski definition) is 4. The van der Waals surface area contributed by atoms with Crippen molar-refractivity contribution in [1.29, 1.82) is 0 Å². The van der Waals surface area contributed by atoms with E-state index in [0.29, 0.717) is 12.0 Å². The van der Waals surface area contributed by atoms with Gasteiger partial charge in [-0.05, 0) is 50.2 Å². The van der Waals surface area contributed by atoms with Crippen LogP contribution in [0.1, 0.15) is 33.1 Å². The lowest BCUT2D eigenvalue weighted by Gasteiger charge is -2.30. The van der Waals surface area contributed by atoms with E-state index in [1.165, 1.54) is 27.4 Å². The average molecular weight is 301 g/mol. The molecule has 0 radical (unpaired) electrons. The highest BCUT2D eigenvalue weighted by Crippen LogP contribution is 2.29. The molecule has 0 aliphatic heterocycles. The second kappa shape index (κ2) is 6.26. The number of nitrogens with two attached hydrogens (primary N) is 1. The van der Waals surface area contributed by atoms with E-state index in [9.17, 15) is 0 Å². The summed E-state index contributed by atoms with van der Waals surface area (Å²) in [7, 11) is 0. The van der Waals surface area contributed by atoms with Gasteiger partial charge in [0.25, 0.3) is 0 Å². The molecule has 112 valence electrons. The van der Waals surface area contributed by atoms with Crippen molar-refractivity contribution in [3.63, 3.8) is 0 Å². The van der Waals surface area contributed by atoms with Crippen molar-refractivity contribution in [3.8, 4) is 0 Å². The van der Waals surface area contributed by atoms with Crippen LogP contribution in [0.15, 0.2) is 24.3 Å². The van der Waals surface area contributed by atoms with Crippen molar-refractivity contribution >= 4 is 11.3 Å². The van der Waals surface area contributed by atoms with Crippen LogP contribution in [0, 0.1) is 19.8 Å². The second-order valence-corrected chi connectivity index (χ2v) is 7.29. The van der Waals surface area contributed by atoms with Crippen molar-refractivity contribution in [3.05, 3.63) is 51.0 Å².